The maximum atomic E-state index is 4.11. The van der Waals surface area contributed by atoms with E-state index in [1.807, 2.05) is 43.0 Å². The zero-order valence-corrected chi connectivity index (χ0v) is 12.7. The fourth-order valence-electron chi connectivity index (χ4n) is 2.38. The van der Waals surface area contributed by atoms with Crippen LogP contribution in [0, 0.1) is 0 Å². The Hall–Kier alpha value is -2.66. The average Bonchev–Trinajstić information content (AvgIpc) is 3.15. The van der Waals surface area contributed by atoms with Crippen molar-refractivity contribution in [3.05, 3.63) is 60.9 Å². The van der Waals surface area contributed by atoms with Crippen LogP contribution in [0.2, 0.25) is 0 Å². The molecule has 0 aliphatic rings. The quantitative estimate of drug-likeness (QED) is 0.596. The molecule has 0 saturated heterocycles. The molecular formula is C17H19N5. The predicted molar refractivity (Wildman–Crippen MR) is 89.6 cm³/mol. The molecule has 0 bridgehead atoms. The van der Waals surface area contributed by atoms with Crippen molar-refractivity contribution in [1.29, 1.82) is 0 Å². The van der Waals surface area contributed by atoms with E-state index in [-0.39, 0.29) is 0 Å². The SMILES string of the molecule is CN(C)Cc1c[nH]c2ccncc12.c1cc2[nH]ccc2cn1. The largest absolute Gasteiger partial charge is 0.361 e. The summed E-state index contributed by atoms with van der Waals surface area (Å²) >= 11 is 0. The summed E-state index contributed by atoms with van der Waals surface area (Å²) in [7, 11) is 4.13. The number of aromatic amines is 2. The molecule has 0 saturated carbocycles. The van der Waals surface area contributed by atoms with Crippen molar-refractivity contribution in [1.82, 2.24) is 24.8 Å². The second kappa shape index (κ2) is 6.41. The first-order valence-corrected chi connectivity index (χ1v) is 7.16. The Kier molecular flexibility index (Phi) is 4.16. The van der Waals surface area contributed by atoms with E-state index in [2.05, 4.69) is 38.9 Å². The van der Waals surface area contributed by atoms with Gasteiger partial charge in [0.2, 0.25) is 0 Å². The second-order valence-corrected chi connectivity index (χ2v) is 5.41. The normalized spacial score (nSPS) is 10.9. The topological polar surface area (TPSA) is 60.6 Å². The van der Waals surface area contributed by atoms with Crippen LogP contribution in [0.3, 0.4) is 0 Å². The predicted octanol–water partition coefficient (Wildman–Crippen LogP) is 3.19. The summed E-state index contributed by atoms with van der Waals surface area (Å²) in [4.78, 5) is 16.5. The number of hydrogen-bond donors (Lipinski definition) is 2. The number of nitrogens with zero attached hydrogens (tertiary/aromatic N) is 3. The minimum absolute atomic E-state index is 0.950. The molecular weight excluding hydrogens is 274 g/mol. The molecule has 5 nitrogen and oxygen atoms in total. The molecule has 0 fully saturated rings. The molecule has 4 aromatic heterocycles. The maximum absolute atomic E-state index is 4.11. The van der Waals surface area contributed by atoms with Gasteiger partial charge in [-0.3, -0.25) is 9.97 Å². The molecule has 4 rings (SSSR count). The second-order valence-electron chi connectivity index (χ2n) is 5.41. The fraction of sp³-hybridized carbons (Fsp3) is 0.176. The van der Waals surface area contributed by atoms with Crippen LogP contribution in [0.4, 0.5) is 0 Å². The average molecular weight is 293 g/mol. The maximum Gasteiger partial charge on any atom is 0.0488 e. The molecule has 112 valence electrons. The highest BCUT2D eigenvalue weighted by atomic mass is 15.0. The molecule has 0 spiro atoms. The Morgan fingerprint density at radius 2 is 1.73 bits per heavy atom. The Morgan fingerprint density at radius 1 is 0.955 bits per heavy atom. The van der Waals surface area contributed by atoms with Crippen LogP contribution in [0.1, 0.15) is 5.56 Å². The standard InChI is InChI=1S/C10H13N3.C7H6N2/c1-13(2)7-8-5-12-10-3-4-11-6-9(8)10;1-4-9-7-2-3-8-5-6(1)7/h3-6,12H,7H2,1-2H3;1-5,9H. The lowest BCUT2D eigenvalue weighted by molar-refractivity contribution is 0.404. The van der Waals surface area contributed by atoms with Crippen molar-refractivity contribution < 1.29 is 0 Å². The van der Waals surface area contributed by atoms with Gasteiger partial charge in [0.05, 0.1) is 0 Å². The molecule has 2 N–H and O–H groups in total. The van der Waals surface area contributed by atoms with Gasteiger partial charge < -0.3 is 14.9 Å². The van der Waals surface area contributed by atoms with Gasteiger partial charge in [0.25, 0.3) is 0 Å². The first kappa shape index (κ1) is 14.3. The summed E-state index contributed by atoms with van der Waals surface area (Å²) in [5, 5.41) is 2.38. The monoisotopic (exact) mass is 293 g/mol. The summed E-state index contributed by atoms with van der Waals surface area (Å²) in [6, 6.07) is 5.95. The smallest absolute Gasteiger partial charge is 0.0488 e. The third-order valence-electron chi connectivity index (χ3n) is 3.41. The van der Waals surface area contributed by atoms with Crippen LogP contribution in [0.5, 0.6) is 0 Å². The zero-order valence-electron chi connectivity index (χ0n) is 12.7. The van der Waals surface area contributed by atoms with Crippen molar-refractivity contribution in [2.45, 2.75) is 6.54 Å². The van der Waals surface area contributed by atoms with E-state index < -0.39 is 0 Å². The van der Waals surface area contributed by atoms with E-state index in [1.54, 1.807) is 12.4 Å². The number of nitrogens with one attached hydrogen (secondary N) is 2. The lowest BCUT2D eigenvalue weighted by Crippen LogP contribution is -2.10. The van der Waals surface area contributed by atoms with E-state index in [4.69, 9.17) is 0 Å². The van der Waals surface area contributed by atoms with Crippen molar-refractivity contribution in [2.75, 3.05) is 14.1 Å². The molecule has 0 unspecified atom stereocenters. The van der Waals surface area contributed by atoms with Crippen LogP contribution < -0.4 is 0 Å². The number of rotatable bonds is 2. The van der Waals surface area contributed by atoms with Gasteiger partial charge in [-0.05, 0) is 37.9 Å². The minimum Gasteiger partial charge on any atom is -0.361 e. The van der Waals surface area contributed by atoms with E-state index in [0.29, 0.717) is 0 Å². The molecule has 4 heterocycles. The Bertz CT molecular complexity index is 829. The van der Waals surface area contributed by atoms with Crippen LogP contribution in [-0.4, -0.2) is 38.9 Å². The highest BCUT2D eigenvalue weighted by molar-refractivity contribution is 5.81. The van der Waals surface area contributed by atoms with E-state index in [1.165, 1.54) is 10.9 Å². The van der Waals surface area contributed by atoms with Gasteiger partial charge in [-0.2, -0.15) is 0 Å². The fourth-order valence-corrected chi connectivity index (χ4v) is 2.38. The molecule has 0 radical (unpaired) electrons. The number of H-pyrrole nitrogens is 2. The minimum atomic E-state index is 0.950. The third-order valence-corrected chi connectivity index (χ3v) is 3.41. The number of aromatic nitrogens is 4. The first-order valence-electron chi connectivity index (χ1n) is 7.16. The van der Waals surface area contributed by atoms with Gasteiger partial charge >= 0.3 is 0 Å². The van der Waals surface area contributed by atoms with Gasteiger partial charge in [0.1, 0.15) is 0 Å². The molecule has 4 aromatic rings. The zero-order chi connectivity index (χ0) is 15.4. The summed E-state index contributed by atoms with van der Waals surface area (Å²) in [6.07, 6.45) is 11.3. The van der Waals surface area contributed by atoms with Gasteiger partial charge in [-0.1, -0.05) is 0 Å². The summed E-state index contributed by atoms with van der Waals surface area (Å²) in [6.45, 7) is 0.950. The number of fused-ring (bicyclic) bond motifs is 2. The first-order chi connectivity index (χ1) is 10.7. The van der Waals surface area contributed by atoms with Crippen molar-refractivity contribution in [3.63, 3.8) is 0 Å². The molecule has 0 aliphatic carbocycles. The number of pyridine rings is 2. The highest BCUT2D eigenvalue weighted by Crippen LogP contribution is 2.17. The van der Waals surface area contributed by atoms with Crippen LogP contribution in [0.15, 0.2) is 55.4 Å². The van der Waals surface area contributed by atoms with Crippen LogP contribution in [-0.2, 0) is 6.54 Å². The molecule has 0 aromatic carbocycles. The van der Waals surface area contributed by atoms with Gasteiger partial charge in [-0.15, -0.1) is 0 Å². The van der Waals surface area contributed by atoms with E-state index in [0.717, 1.165) is 23.0 Å². The van der Waals surface area contributed by atoms with Crippen molar-refractivity contribution in [2.24, 2.45) is 0 Å². The Morgan fingerprint density at radius 3 is 2.50 bits per heavy atom. The highest BCUT2D eigenvalue weighted by Gasteiger charge is 2.03. The van der Waals surface area contributed by atoms with Crippen molar-refractivity contribution >= 4 is 21.8 Å². The lowest BCUT2D eigenvalue weighted by atomic mass is 10.2. The van der Waals surface area contributed by atoms with Gasteiger partial charge in [0, 0.05) is 65.5 Å². The van der Waals surface area contributed by atoms with E-state index >= 15 is 0 Å². The molecule has 0 amide bonds. The Labute approximate surface area is 129 Å². The lowest BCUT2D eigenvalue weighted by Gasteiger charge is -2.07. The summed E-state index contributed by atoms with van der Waals surface area (Å²) in [5.74, 6) is 0. The van der Waals surface area contributed by atoms with Crippen LogP contribution in [0.25, 0.3) is 21.8 Å². The molecule has 0 aliphatic heterocycles. The Balaban J connectivity index is 0.000000139. The van der Waals surface area contributed by atoms with Gasteiger partial charge in [0.15, 0.2) is 0 Å². The number of hydrogen-bond acceptors (Lipinski definition) is 3. The molecule has 22 heavy (non-hydrogen) atoms. The van der Waals surface area contributed by atoms with Gasteiger partial charge in [-0.25, -0.2) is 0 Å². The third kappa shape index (κ3) is 3.15. The molecule has 0 atom stereocenters. The van der Waals surface area contributed by atoms with Crippen molar-refractivity contribution in [3.8, 4) is 0 Å². The van der Waals surface area contributed by atoms with E-state index in [9.17, 15) is 0 Å². The summed E-state index contributed by atoms with van der Waals surface area (Å²) < 4.78 is 0. The molecule has 5 heteroatoms. The summed E-state index contributed by atoms with van der Waals surface area (Å²) in [5.41, 5.74) is 3.60. The van der Waals surface area contributed by atoms with Crippen LogP contribution >= 0.6 is 0 Å².